The van der Waals surface area contributed by atoms with Gasteiger partial charge >= 0.3 is 0 Å². The summed E-state index contributed by atoms with van der Waals surface area (Å²) in [5.41, 5.74) is 2.79. The van der Waals surface area contributed by atoms with Crippen molar-refractivity contribution in [3.8, 4) is 11.5 Å². The lowest BCUT2D eigenvalue weighted by atomic mass is 10.0. The molecule has 1 aliphatic rings. The normalized spacial score (nSPS) is 15.7. The average Bonchev–Trinajstić information content (AvgIpc) is 3.00. The molecule has 33 heavy (non-hydrogen) atoms. The Morgan fingerprint density at radius 3 is 2.45 bits per heavy atom. The molecule has 1 N–H and O–H groups in total. The van der Waals surface area contributed by atoms with Crippen LogP contribution in [0.2, 0.25) is 0 Å². The highest BCUT2D eigenvalue weighted by Gasteiger charge is 2.44. The topological polar surface area (TPSA) is 106 Å². The van der Waals surface area contributed by atoms with Crippen LogP contribution >= 0.6 is 0 Å². The Balaban J connectivity index is 1.91. The maximum atomic E-state index is 13.7. The van der Waals surface area contributed by atoms with Crippen molar-refractivity contribution < 1.29 is 27.8 Å². The summed E-state index contributed by atoms with van der Waals surface area (Å²) in [6.45, 7) is 6.07. The molecule has 1 atom stereocenters. The molecule has 8 nitrogen and oxygen atoms in total. The van der Waals surface area contributed by atoms with Crippen molar-refractivity contribution in [1.29, 1.82) is 0 Å². The smallest absolute Gasteiger partial charge is 0.265 e. The molecule has 1 aliphatic heterocycles. The molecule has 3 aromatic rings. The molecule has 0 radical (unpaired) electrons. The van der Waals surface area contributed by atoms with Crippen molar-refractivity contribution in [2.24, 2.45) is 0 Å². The highest BCUT2D eigenvalue weighted by atomic mass is 32.2. The van der Waals surface area contributed by atoms with Crippen molar-refractivity contribution >= 4 is 32.3 Å². The lowest BCUT2D eigenvalue weighted by Gasteiger charge is -2.24. The van der Waals surface area contributed by atoms with Crippen LogP contribution in [-0.4, -0.2) is 43.9 Å². The number of rotatable bonds is 7. The number of ether oxygens (including phenoxy) is 2. The SMILES string of the molecule is CCOc1c2c(c(OCC)c3ncccc13)C(=O)N(c1ccc(CS(C)(=O)=O)cc1C)C2O. The number of aliphatic hydroxyl groups excluding tert-OH is 1. The predicted octanol–water partition coefficient (Wildman–Crippen LogP) is 3.54. The fourth-order valence-electron chi connectivity index (χ4n) is 4.29. The number of aliphatic hydroxyl groups is 1. The molecule has 1 aromatic heterocycles. The first-order chi connectivity index (χ1) is 15.7. The Labute approximate surface area is 192 Å². The number of hydrogen-bond donors (Lipinski definition) is 1. The second-order valence-corrected chi connectivity index (χ2v) is 10.1. The summed E-state index contributed by atoms with van der Waals surface area (Å²) in [5, 5.41) is 12.0. The van der Waals surface area contributed by atoms with E-state index >= 15 is 0 Å². The van der Waals surface area contributed by atoms with Gasteiger partial charge in [0.25, 0.3) is 5.91 Å². The first-order valence-corrected chi connectivity index (χ1v) is 12.7. The number of fused-ring (bicyclic) bond motifs is 2. The van der Waals surface area contributed by atoms with Gasteiger partial charge in [-0.05, 0) is 50.1 Å². The van der Waals surface area contributed by atoms with Crippen LogP contribution in [0.25, 0.3) is 10.9 Å². The van der Waals surface area contributed by atoms with Gasteiger partial charge in [-0.25, -0.2) is 8.42 Å². The lowest BCUT2D eigenvalue weighted by Crippen LogP contribution is -2.28. The number of anilines is 1. The van der Waals surface area contributed by atoms with E-state index in [1.54, 1.807) is 37.4 Å². The van der Waals surface area contributed by atoms with Crippen LogP contribution < -0.4 is 14.4 Å². The molecule has 0 saturated carbocycles. The fraction of sp³-hybridized carbons (Fsp3) is 0.333. The minimum Gasteiger partial charge on any atom is -0.493 e. The van der Waals surface area contributed by atoms with E-state index in [9.17, 15) is 18.3 Å². The molecule has 1 amide bonds. The summed E-state index contributed by atoms with van der Waals surface area (Å²) < 4.78 is 35.1. The molecule has 2 heterocycles. The Morgan fingerprint density at radius 2 is 1.82 bits per heavy atom. The van der Waals surface area contributed by atoms with E-state index in [1.165, 1.54) is 11.2 Å². The summed E-state index contributed by atoms with van der Waals surface area (Å²) >= 11 is 0. The molecular formula is C24H26N2O6S. The van der Waals surface area contributed by atoms with E-state index in [0.29, 0.717) is 58.0 Å². The lowest BCUT2D eigenvalue weighted by molar-refractivity contribution is 0.0932. The molecule has 0 fully saturated rings. The van der Waals surface area contributed by atoms with Gasteiger partial charge in [-0.1, -0.05) is 12.1 Å². The largest absolute Gasteiger partial charge is 0.493 e. The Bertz CT molecular complexity index is 1350. The third kappa shape index (κ3) is 4.02. The van der Waals surface area contributed by atoms with Crippen LogP contribution in [0.5, 0.6) is 11.5 Å². The maximum absolute atomic E-state index is 13.7. The van der Waals surface area contributed by atoms with Gasteiger partial charge in [-0.15, -0.1) is 0 Å². The number of aryl methyl sites for hydroxylation is 1. The van der Waals surface area contributed by atoms with E-state index in [1.807, 2.05) is 19.9 Å². The number of amides is 1. The van der Waals surface area contributed by atoms with Crippen LogP contribution in [0.4, 0.5) is 5.69 Å². The van der Waals surface area contributed by atoms with E-state index in [2.05, 4.69) is 4.98 Å². The van der Waals surface area contributed by atoms with Crippen LogP contribution in [0, 0.1) is 6.92 Å². The van der Waals surface area contributed by atoms with E-state index in [-0.39, 0.29) is 11.3 Å². The van der Waals surface area contributed by atoms with Crippen molar-refractivity contribution in [3.63, 3.8) is 0 Å². The maximum Gasteiger partial charge on any atom is 0.265 e. The quantitative estimate of drug-likeness (QED) is 0.563. The van der Waals surface area contributed by atoms with Crippen LogP contribution in [0.3, 0.4) is 0 Å². The van der Waals surface area contributed by atoms with Gasteiger partial charge in [-0.3, -0.25) is 14.7 Å². The van der Waals surface area contributed by atoms with Gasteiger partial charge in [-0.2, -0.15) is 0 Å². The standard InChI is InChI=1S/C24H26N2O6S/c1-5-31-21-16-8-7-11-25-20(16)22(32-6-2)19-18(21)23(27)26(24(19)28)17-10-9-15(12-14(17)3)13-33(4,29)30/h7-12,23,27H,5-6,13H2,1-4H3. The summed E-state index contributed by atoms with van der Waals surface area (Å²) in [6, 6.07) is 8.60. The number of hydrogen-bond acceptors (Lipinski definition) is 7. The molecular weight excluding hydrogens is 444 g/mol. The van der Waals surface area contributed by atoms with E-state index in [4.69, 9.17) is 9.47 Å². The Morgan fingerprint density at radius 1 is 1.12 bits per heavy atom. The summed E-state index contributed by atoms with van der Waals surface area (Å²) in [5.74, 6) is 0.164. The number of aromatic nitrogens is 1. The minimum atomic E-state index is -3.21. The number of benzene rings is 2. The Hall–Kier alpha value is -3.17. The third-order valence-electron chi connectivity index (χ3n) is 5.47. The predicted molar refractivity (Wildman–Crippen MR) is 126 cm³/mol. The molecule has 2 aromatic carbocycles. The van der Waals surface area contributed by atoms with Gasteiger partial charge in [0, 0.05) is 23.5 Å². The minimum absolute atomic E-state index is 0.106. The highest BCUT2D eigenvalue weighted by molar-refractivity contribution is 7.89. The molecule has 0 aliphatic carbocycles. The summed E-state index contributed by atoms with van der Waals surface area (Å²) in [4.78, 5) is 19.4. The molecule has 0 bridgehead atoms. The van der Waals surface area contributed by atoms with Crippen LogP contribution in [0.1, 0.15) is 47.1 Å². The van der Waals surface area contributed by atoms with Crippen molar-refractivity contribution in [2.45, 2.75) is 32.8 Å². The van der Waals surface area contributed by atoms with E-state index in [0.717, 1.165) is 0 Å². The van der Waals surface area contributed by atoms with Crippen molar-refractivity contribution in [1.82, 2.24) is 4.98 Å². The third-order valence-corrected chi connectivity index (χ3v) is 6.33. The molecule has 1 unspecified atom stereocenters. The monoisotopic (exact) mass is 470 g/mol. The number of pyridine rings is 1. The molecule has 0 saturated heterocycles. The summed E-state index contributed by atoms with van der Waals surface area (Å²) in [6.07, 6.45) is 1.48. The summed E-state index contributed by atoms with van der Waals surface area (Å²) in [7, 11) is -3.21. The zero-order valence-corrected chi connectivity index (χ0v) is 19.8. The van der Waals surface area contributed by atoms with Crippen LogP contribution in [0.15, 0.2) is 36.5 Å². The Kier molecular flexibility index (Phi) is 6.02. The highest BCUT2D eigenvalue weighted by Crippen LogP contribution is 2.49. The molecule has 9 heteroatoms. The average molecular weight is 471 g/mol. The van der Waals surface area contributed by atoms with Crippen molar-refractivity contribution in [3.05, 3.63) is 58.8 Å². The van der Waals surface area contributed by atoms with Gasteiger partial charge in [0.05, 0.1) is 30.1 Å². The van der Waals surface area contributed by atoms with Gasteiger partial charge < -0.3 is 14.6 Å². The first kappa shape index (κ1) is 23.0. The number of sulfone groups is 1. The van der Waals surface area contributed by atoms with Crippen molar-refractivity contribution in [2.75, 3.05) is 24.4 Å². The number of nitrogens with zero attached hydrogens (tertiary/aromatic N) is 2. The fourth-order valence-corrected chi connectivity index (χ4v) is 5.08. The second-order valence-electron chi connectivity index (χ2n) is 7.95. The van der Waals surface area contributed by atoms with Crippen LogP contribution in [-0.2, 0) is 15.6 Å². The van der Waals surface area contributed by atoms with E-state index < -0.39 is 22.0 Å². The van der Waals surface area contributed by atoms with Gasteiger partial charge in [0.2, 0.25) is 0 Å². The molecule has 4 rings (SSSR count). The number of carbonyl (C=O) groups is 1. The molecule has 174 valence electrons. The number of carbonyl (C=O) groups excluding carboxylic acids is 1. The van der Waals surface area contributed by atoms with Gasteiger partial charge in [0.1, 0.15) is 11.3 Å². The van der Waals surface area contributed by atoms with Gasteiger partial charge in [0.15, 0.2) is 21.8 Å². The second kappa shape index (κ2) is 8.64. The zero-order chi connectivity index (χ0) is 23.9. The zero-order valence-electron chi connectivity index (χ0n) is 19.0. The molecule has 0 spiro atoms. The first-order valence-electron chi connectivity index (χ1n) is 10.7.